The van der Waals surface area contributed by atoms with Crippen LogP contribution in [0.1, 0.15) is 19.4 Å². The molecule has 0 spiro atoms. The van der Waals surface area contributed by atoms with Crippen LogP contribution in [0.5, 0.6) is 0 Å². The third kappa shape index (κ3) is 6.06. The molecular weight excluding hydrogens is 392 g/mol. The molecule has 26 heavy (non-hydrogen) atoms. The van der Waals surface area contributed by atoms with E-state index in [-0.39, 0.29) is 13.1 Å². The van der Waals surface area contributed by atoms with Gasteiger partial charge in [-0.2, -0.15) is 11.3 Å². The summed E-state index contributed by atoms with van der Waals surface area (Å²) in [4.78, 5) is 4.40. The van der Waals surface area contributed by atoms with E-state index in [0.717, 1.165) is 5.56 Å². The predicted molar refractivity (Wildman–Crippen MR) is 107 cm³/mol. The maximum Gasteiger partial charge on any atom is 0.250 e. The van der Waals surface area contributed by atoms with Gasteiger partial charge in [0.25, 0.3) is 0 Å². The molecule has 144 valence electrons. The lowest BCUT2D eigenvalue weighted by Gasteiger charge is -2.21. The summed E-state index contributed by atoms with van der Waals surface area (Å²) in [6.07, 6.45) is 0. The molecule has 0 fully saturated rings. The number of guanidine groups is 1. The molecule has 0 radical (unpaired) electrons. The van der Waals surface area contributed by atoms with Crippen LogP contribution in [0.15, 0.2) is 43.5 Å². The second-order valence-electron chi connectivity index (χ2n) is 5.74. The van der Waals surface area contributed by atoms with Crippen LogP contribution in [-0.4, -0.2) is 45.7 Å². The van der Waals surface area contributed by atoms with E-state index in [1.54, 1.807) is 24.4 Å². The molecule has 0 bridgehead atoms. The average molecular weight is 417 g/mol. The number of sulfonamides is 1. The first-order valence-electron chi connectivity index (χ1n) is 8.15. The fraction of sp³-hybridized carbons (Fsp3) is 0.438. The maximum atomic E-state index is 12.0. The summed E-state index contributed by atoms with van der Waals surface area (Å²) in [5, 5.41) is 22.2. The fourth-order valence-corrected chi connectivity index (χ4v) is 4.94. The van der Waals surface area contributed by atoms with Crippen LogP contribution < -0.4 is 15.4 Å². The molecule has 0 saturated carbocycles. The minimum absolute atomic E-state index is 0.194. The molecule has 7 nitrogen and oxygen atoms in total. The number of aliphatic hydroxyl groups is 1. The van der Waals surface area contributed by atoms with Crippen LogP contribution in [0.25, 0.3) is 0 Å². The SMILES string of the molecule is CCNC(=NCC(C)(O)c1ccsc1)NCCNS(=O)(=O)c1cccs1. The highest BCUT2D eigenvalue weighted by Gasteiger charge is 2.23. The summed E-state index contributed by atoms with van der Waals surface area (Å²) in [6, 6.07) is 5.14. The second-order valence-corrected chi connectivity index (χ2v) is 9.46. The van der Waals surface area contributed by atoms with E-state index in [0.29, 0.717) is 23.3 Å². The smallest absolute Gasteiger partial charge is 0.250 e. The van der Waals surface area contributed by atoms with Gasteiger partial charge in [0.05, 0.1) is 6.54 Å². The fourth-order valence-electron chi connectivity index (χ4n) is 2.09. The standard InChI is InChI=1S/C16H24N4O3S3/c1-3-17-15(19-12-16(2,21)13-6-10-24-11-13)18-7-8-20-26(22,23)14-5-4-9-25-14/h4-6,9-11,20-21H,3,7-8,12H2,1-2H3,(H2,17,18,19). The molecule has 0 aliphatic rings. The first kappa shape index (κ1) is 20.8. The van der Waals surface area contributed by atoms with E-state index in [1.165, 1.54) is 22.7 Å². The van der Waals surface area contributed by atoms with E-state index < -0.39 is 15.6 Å². The molecule has 1 unspecified atom stereocenters. The van der Waals surface area contributed by atoms with Crippen LogP contribution in [0.4, 0.5) is 0 Å². The van der Waals surface area contributed by atoms with Crippen LogP contribution in [-0.2, 0) is 15.6 Å². The highest BCUT2D eigenvalue weighted by molar-refractivity contribution is 7.91. The number of hydrogen-bond acceptors (Lipinski definition) is 6. The van der Waals surface area contributed by atoms with Crippen molar-refractivity contribution < 1.29 is 13.5 Å². The molecule has 2 aromatic heterocycles. The van der Waals surface area contributed by atoms with E-state index in [2.05, 4.69) is 20.3 Å². The maximum absolute atomic E-state index is 12.0. The summed E-state index contributed by atoms with van der Waals surface area (Å²) < 4.78 is 26.9. The molecule has 4 N–H and O–H groups in total. The topological polar surface area (TPSA) is 103 Å². The Labute approximate surface area is 162 Å². The van der Waals surface area contributed by atoms with Gasteiger partial charge in [0.1, 0.15) is 9.81 Å². The predicted octanol–water partition coefficient (Wildman–Crippen LogP) is 1.55. The van der Waals surface area contributed by atoms with Crippen molar-refractivity contribution >= 4 is 38.7 Å². The molecule has 2 rings (SSSR count). The Balaban J connectivity index is 1.86. The van der Waals surface area contributed by atoms with E-state index in [9.17, 15) is 13.5 Å². The van der Waals surface area contributed by atoms with Gasteiger partial charge in [-0.15, -0.1) is 11.3 Å². The van der Waals surface area contributed by atoms with Crippen LogP contribution >= 0.6 is 22.7 Å². The molecule has 2 aromatic rings. The van der Waals surface area contributed by atoms with Gasteiger partial charge in [0, 0.05) is 19.6 Å². The summed E-state index contributed by atoms with van der Waals surface area (Å²) in [5.74, 6) is 0.526. The molecule has 0 aromatic carbocycles. The largest absolute Gasteiger partial charge is 0.383 e. The van der Waals surface area contributed by atoms with E-state index in [4.69, 9.17) is 0 Å². The summed E-state index contributed by atoms with van der Waals surface area (Å²) in [7, 11) is -3.46. The van der Waals surface area contributed by atoms with Crippen molar-refractivity contribution in [3.8, 4) is 0 Å². The van der Waals surface area contributed by atoms with Crippen molar-refractivity contribution in [2.75, 3.05) is 26.2 Å². The third-order valence-corrected chi connectivity index (χ3v) is 7.04. The number of aliphatic imine (C=N–C) groups is 1. The minimum Gasteiger partial charge on any atom is -0.383 e. The zero-order valence-electron chi connectivity index (χ0n) is 14.7. The summed E-state index contributed by atoms with van der Waals surface area (Å²) >= 11 is 2.70. The molecule has 0 amide bonds. The number of thiophene rings is 2. The molecule has 0 aliphatic carbocycles. The highest BCUT2D eigenvalue weighted by Crippen LogP contribution is 2.23. The van der Waals surface area contributed by atoms with Gasteiger partial charge in [0.2, 0.25) is 10.0 Å². The van der Waals surface area contributed by atoms with Crippen LogP contribution in [0.3, 0.4) is 0 Å². The van der Waals surface area contributed by atoms with Gasteiger partial charge in [-0.25, -0.2) is 18.1 Å². The zero-order valence-corrected chi connectivity index (χ0v) is 17.2. The molecule has 0 aliphatic heterocycles. The molecule has 10 heteroatoms. The Morgan fingerprint density at radius 2 is 2.08 bits per heavy atom. The zero-order chi connectivity index (χ0) is 19.0. The van der Waals surface area contributed by atoms with Gasteiger partial charge in [0.15, 0.2) is 5.96 Å². The monoisotopic (exact) mass is 416 g/mol. The van der Waals surface area contributed by atoms with Gasteiger partial charge >= 0.3 is 0 Å². The molecule has 1 atom stereocenters. The number of hydrogen-bond donors (Lipinski definition) is 4. The lowest BCUT2D eigenvalue weighted by Crippen LogP contribution is -2.42. The summed E-state index contributed by atoms with van der Waals surface area (Å²) in [6.45, 7) is 5.11. The number of nitrogens with one attached hydrogen (secondary N) is 3. The van der Waals surface area contributed by atoms with Gasteiger partial charge < -0.3 is 15.7 Å². The van der Waals surface area contributed by atoms with Crippen molar-refractivity contribution in [3.05, 3.63) is 39.9 Å². The normalized spacial score (nSPS) is 14.8. The summed E-state index contributed by atoms with van der Waals surface area (Å²) in [5.41, 5.74) is -0.228. The van der Waals surface area contributed by atoms with Crippen molar-refractivity contribution in [1.29, 1.82) is 0 Å². The van der Waals surface area contributed by atoms with Gasteiger partial charge in [-0.1, -0.05) is 6.07 Å². The minimum atomic E-state index is -3.46. The van der Waals surface area contributed by atoms with E-state index >= 15 is 0 Å². The molecular formula is C16H24N4O3S3. The van der Waals surface area contributed by atoms with Crippen LogP contribution in [0.2, 0.25) is 0 Å². The van der Waals surface area contributed by atoms with Gasteiger partial charge in [-0.05, 0) is 47.7 Å². The second kappa shape index (κ2) is 9.47. The lowest BCUT2D eigenvalue weighted by molar-refractivity contribution is 0.0677. The van der Waals surface area contributed by atoms with Crippen molar-refractivity contribution in [1.82, 2.24) is 15.4 Å². The van der Waals surface area contributed by atoms with Crippen LogP contribution in [0, 0.1) is 0 Å². The van der Waals surface area contributed by atoms with Crippen molar-refractivity contribution in [2.45, 2.75) is 23.7 Å². The number of nitrogens with zero attached hydrogens (tertiary/aromatic N) is 1. The average Bonchev–Trinajstić information content (AvgIpc) is 3.30. The Hall–Kier alpha value is -1.46. The Morgan fingerprint density at radius 1 is 1.27 bits per heavy atom. The number of rotatable bonds is 9. The third-order valence-electron chi connectivity index (χ3n) is 3.50. The Morgan fingerprint density at radius 3 is 2.69 bits per heavy atom. The Bertz CT molecular complexity index is 785. The van der Waals surface area contributed by atoms with E-state index in [1.807, 2.05) is 23.8 Å². The lowest BCUT2D eigenvalue weighted by atomic mass is 10.00. The molecule has 2 heterocycles. The van der Waals surface area contributed by atoms with Gasteiger partial charge in [-0.3, -0.25) is 0 Å². The molecule has 0 saturated heterocycles. The van der Waals surface area contributed by atoms with Crippen molar-refractivity contribution in [3.63, 3.8) is 0 Å². The quantitative estimate of drug-likeness (QED) is 0.282. The van der Waals surface area contributed by atoms with Crippen molar-refractivity contribution in [2.24, 2.45) is 4.99 Å². The Kier molecular flexibility index (Phi) is 7.59. The first-order valence-corrected chi connectivity index (χ1v) is 11.5. The highest BCUT2D eigenvalue weighted by atomic mass is 32.2. The first-order chi connectivity index (χ1) is 12.3.